The Labute approximate surface area is 136 Å². The average molecular weight is 311 g/mol. The van der Waals surface area contributed by atoms with Crippen LogP contribution in [0.2, 0.25) is 0 Å². The topological polar surface area (TPSA) is 55.4 Å². The van der Waals surface area contributed by atoms with Gasteiger partial charge in [0.05, 0.1) is 5.56 Å². The van der Waals surface area contributed by atoms with Gasteiger partial charge < -0.3 is 10.1 Å². The number of aryl methyl sites for hydroxylation is 3. The SMILES string of the molecule is CCc1ccc(NC(=O)COC(=O)c2ccc(C)c(C)c2)cc1. The fraction of sp³-hybridized carbons (Fsp3) is 0.263. The van der Waals surface area contributed by atoms with Crippen LogP contribution in [-0.2, 0) is 16.0 Å². The molecule has 1 amide bonds. The molecule has 1 N–H and O–H groups in total. The fourth-order valence-corrected chi connectivity index (χ4v) is 2.10. The molecule has 0 fully saturated rings. The minimum Gasteiger partial charge on any atom is -0.452 e. The van der Waals surface area contributed by atoms with Crippen molar-refractivity contribution in [3.8, 4) is 0 Å². The quantitative estimate of drug-likeness (QED) is 0.857. The summed E-state index contributed by atoms with van der Waals surface area (Å²) < 4.78 is 5.05. The maximum Gasteiger partial charge on any atom is 0.338 e. The maximum absolute atomic E-state index is 11.9. The van der Waals surface area contributed by atoms with Crippen LogP contribution < -0.4 is 5.32 Å². The highest BCUT2D eigenvalue weighted by molar-refractivity contribution is 5.95. The van der Waals surface area contributed by atoms with E-state index in [0.717, 1.165) is 17.5 Å². The second-order valence-electron chi connectivity index (χ2n) is 5.47. The van der Waals surface area contributed by atoms with Crippen LogP contribution >= 0.6 is 0 Å². The molecule has 2 rings (SSSR count). The Balaban J connectivity index is 1.87. The first-order valence-electron chi connectivity index (χ1n) is 7.62. The lowest BCUT2D eigenvalue weighted by atomic mass is 10.1. The van der Waals surface area contributed by atoms with Crippen molar-refractivity contribution in [3.63, 3.8) is 0 Å². The molecule has 0 heterocycles. The molecule has 2 aromatic rings. The summed E-state index contributed by atoms with van der Waals surface area (Å²) in [4.78, 5) is 23.8. The zero-order valence-electron chi connectivity index (χ0n) is 13.7. The Morgan fingerprint density at radius 2 is 1.70 bits per heavy atom. The van der Waals surface area contributed by atoms with Crippen molar-refractivity contribution in [2.75, 3.05) is 11.9 Å². The van der Waals surface area contributed by atoms with Crippen molar-refractivity contribution in [1.29, 1.82) is 0 Å². The van der Waals surface area contributed by atoms with E-state index in [1.807, 2.05) is 44.2 Å². The molecular weight excluding hydrogens is 290 g/mol. The van der Waals surface area contributed by atoms with Gasteiger partial charge >= 0.3 is 5.97 Å². The summed E-state index contributed by atoms with van der Waals surface area (Å²) in [5, 5.41) is 2.70. The minimum atomic E-state index is -0.496. The van der Waals surface area contributed by atoms with Gasteiger partial charge in [0.25, 0.3) is 5.91 Å². The normalized spacial score (nSPS) is 10.2. The molecule has 0 aromatic heterocycles. The molecule has 2 aromatic carbocycles. The van der Waals surface area contributed by atoms with E-state index in [1.165, 1.54) is 5.56 Å². The van der Waals surface area contributed by atoms with Crippen molar-refractivity contribution in [3.05, 3.63) is 64.7 Å². The van der Waals surface area contributed by atoms with Gasteiger partial charge in [-0.25, -0.2) is 4.79 Å². The van der Waals surface area contributed by atoms with E-state index in [9.17, 15) is 9.59 Å². The van der Waals surface area contributed by atoms with Crippen molar-refractivity contribution in [1.82, 2.24) is 0 Å². The van der Waals surface area contributed by atoms with Crippen LogP contribution in [-0.4, -0.2) is 18.5 Å². The van der Waals surface area contributed by atoms with Crippen molar-refractivity contribution in [2.45, 2.75) is 27.2 Å². The van der Waals surface area contributed by atoms with E-state index >= 15 is 0 Å². The number of esters is 1. The van der Waals surface area contributed by atoms with Crippen LogP contribution in [0.1, 0.15) is 34.0 Å². The number of hydrogen-bond acceptors (Lipinski definition) is 3. The van der Waals surface area contributed by atoms with Gasteiger partial charge in [-0.1, -0.05) is 25.1 Å². The van der Waals surface area contributed by atoms with E-state index in [0.29, 0.717) is 11.3 Å². The molecule has 4 nitrogen and oxygen atoms in total. The van der Waals surface area contributed by atoms with Gasteiger partial charge in [0.1, 0.15) is 0 Å². The standard InChI is InChI=1S/C19H21NO3/c1-4-15-6-9-17(10-7-15)20-18(21)12-23-19(22)16-8-5-13(2)14(3)11-16/h5-11H,4,12H2,1-3H3,(H,20,21). The van der Waals surface area contributed by atoms with Crippen LogP contribution in [0.4, 0.5) is 5.69 Å². The molecule has 0 saturated carbocycles. The zero-order chi connectivity index (χ0) is 16.8. The summed E-state index contributed by atoms with van der Waals surface area (Å²) in [6.07, 6.45) is 0.946. The molecule has 23 heavy (non-hydrogen) atoms. The summed E-state index contributed by atoms with van der Waals surface area (Å²) in [6, 6.07) is 12.9. The Morgan fingerprint density at radius 1 is 1.00 bits per heavy atom. The Kier molecular flexibility index (Phi) is 5.52. The van der Waals surface area contributed by atoms with Gasteiger partial charge in [0, 0.05) is 5.69 Å². The summed E-state index contributed by atoms with van der Waals surface area (Å²) in [5.41, 5.74) is 4.46. The number of carbonyl (C=O) groups is 2. The molecule has 0 spiro atoms. The molecule has 0 aliphatic carbocycles. The van der Waals surface area contributed by atoms with E-state index < -0.39 is 5.97 Å². The predicted octanol–water partition coefficient (Wildman–Crippen LogP) is 3.66. The van der Waals surface area contributed by atoms with Gasteiger partial charge in [-0.05, 0) is 61.2 Å². The monoisotopic (exact) mass is 311 g/mol. The van der Waals surface area contributed by atoms with Crippen molar-refractivity contribution >= 4 is 17.6 Å². The van der Waals surface area contributed by atoms with Gasteiger partial charge in [0.15, 0.2) is 6.61 Å². The Hall–Kier alpha value is -2.62. The summed E-state index contributed by atoms with van der Waals surface area (Å²) in [6.45, 7) is 5.67. The first kappa shape index (κ1) is 16.7. The Morgan fingerprint density at radius 3 is 2.30 bits per heavy atom. The van der Waals surface area contributed by atoms with Gasteiger partial charge in [0.2, 0.25) is 0 Å². The largest absolute Gasteiger partial charge is 0.452 e. The van der Waals surface area contributed by atoms with Crippen LogP contribution in [0.3, 0.4) is 0 Å². The van der Waals surface area contributed by atoms with Crippen LogP contribution in [0.15, 0.2) is 42.5 Å². The number of benzene rings is 2. The molecule has 0 unspecified atom stereocenters. The fourth-order valence-electron chi connectivity index (χ4n) is 2.10. The smallest absolute Gasteiger partial charge is 0.338 e. The van der Waals surface area contributed by atoms with E-state index in [1.54, 1.807) is 12.1 Å². The third-order valence-corrected chi connectivity index (χ3v) is 3.72. The number of ether oxygens (including phenoxy) is 1. The highest BCUT2D eigenvalue weighted by Gasteiger charge is 2.11. The summed E-state index contributed by atoms with van der Waals surface area (Å²) >= 11 is 0. The number of hydrogen-bond donors (Lipinski definition) is 1. The lowest BCUT2D eigenvalue weighted by molar-refractivity contribution is -0.119. The summed E-state index contributed by atoms with van der Waals surface area (Å²) in [7, 11) is 0. The molecule has 4 heteroatoms. The molecule has 120 valence electrons. The first-order chi connectivity index (χ1) is 11.0. The van der Waals surface area contributed by atoms with Crippen LogP contribution in [0.25, 0.3) is 0 Å². The highest BCUT2D eigenvalue weighted by atomic mass is 16.5. The van der Waals surface area contributed by atoms with E-state index in [4.69, 9.17) is 4.74 Å². The molecular formula is C19H21NO3. The number of rotatable bonds is 5. The maximum atomic E-state index is 11.9. The second kappa shape index (κ2) is 7.58. The number of amides is 1. The van der Waals surface area contributed by atoms with Gasteiger partial charge in [-0.3, -0.25) is 4.79 Å². The lowest BCUT2D eigenvalue weighted by Crippen LogP contribution is -2.21. The zero-order valence-corrected chi connectivity index (χ0v) is 13.7. The average Bonchev–Trinajstić information content (AvgIpc) is 2.56. The van der Waals surface area contributed by atoms with Gasteiger partial charge in [-0.2, -0.15) is 0 Å². The third kappa shape index (κ3) is 4.68. The first-order valence-corrected chi connectivity index (χ1v) is 7.62. The van der Waals surface area contributed by atoms with Crippen molar-refractivity contribution in [2.24, 2.45) is 0 Å². The summed E-state index contributed by atoms with van der Waals surface area (Å²) in [5.74, 6) is -0.851. The number of nitrogens with one attached hydrogen (secondary N) is 1. The Bertz CT molecular complexity index is 705. The number of anilines is 1. The third-order valence-electron chi connectivity index (χ3n) is 3.72. The molecule has 0 bridgehead atoms. The lowest BCUT2D eigenvalue weighted by Gasteiger charge is -2.08. The minimum absolute atomic E-state index is 0.304. The number of carbonyl (C=O) groups excluding carboxylic acids is 2. The molecule has 0 radical (unpaired) electrons. The molecule has 0 saturated heterocycles. The van der Waals surface area contributed by atoms with Gasteiger partial charge in [-0.15, -0.1) is 0 Å². The molecule has 0 aliphatic rings. The molecule has 0 atom stereocenters. The van der Waals surface area contributed by atoms with Crippen molar-refractivity contribution < 1.29 is 14.3 Å². The van der Waals surface area contributed by atoms with Crippen LogP contribution in [0, 0.1) is 13.8 Å². The van der Waals surface area contributed by atoms with Crippen LogP contribution in [0.5, 0.6) is 0 Å². The van der Waals surface area contributed by atoms with E-state index in [2.05, 4.69) is 12.2 Å². The second-order valence-corrected chi connectivity index (χ2v) is 5.47. The van der Waals surface area contributed by atoms with E-state index in [-0.39, 0.29) is 12.5 Å². The molecule has 0 aliphatic heterocycles. The highest BCUT2D eigenvalue weighted by Crippen LogP contribution is 2.12. The predicted molar refractivity (Wildman–Crippen MR) is 90.6 cm³/mol.